The van der Waals surface area contributed by atoms with E-state index in [1.165, 1.54) is 5.56 Å². The van der Waals surface area contributed by atoms with Gasteiger partial charge in [-0.3, -0.25) is 14.7 Å². The molecule has 1 aliphatic heterocycles. The molecule has 0 spiro atoms. The van der Waals surface area contributed by atoms with E-state index in [9.17, 15) is 9.59 Å². The van der Waals surface area contributed by atoms with Crippen molar-refractivity contribution in [1.29, 1.82) is 0 Å². The Balaban J connectivity index is 1.56. The Hall–Kier alpha value is -3.15. The molecular weight excluding hydrogens is 352 g/mol. The van der Waals surface area contributed by atoms with Gasteiger partial charge >= 0.3 is 0 Å². The van der Waals surface area contributed by atoms with E-state index in [0.717, 1.165) is 35.4 Å². The van der Waals surface area contributed by atoms with E-state index in [4.69, 9.17) is 0 Å². The molecule has 28 heavy (non-hydrogen) atoms. The number of hydrogen-bond acceptors (Lipinski definition) is 3. The standard InChI is InChI=1S/C22H24N4O2/c1-14-18(16-6-4-3-5-7-16)12-19(21(27)24-14)22(28)26-10-8-17(9-11-26)20-13-23-25-15(20)2/h3-7,12-13,17H,8-11H2,1-2H3,(H,23,25)(H,24,27). The maximum absolute atomic E-state index is 13.1. The summed E-state index contributed by atoms with van der Waals surface area (Å²) in [6.07, 6.45) is 3.64. The molecule has 1 amide bonds. The highest BCUT2D eigenvalue weighted by atomic mass is 16.2. The van der Waals surface area contributed by atoms with Crippen molar-refractivity contribution in [3.63, 3.8) is 0 Å². The van der Waals surface area contributed by atoms with Crippen molar-refractivity contribution < 1.29 is 4.79 Å². The molecule has 6 nitrogen and oxygen atoms in total. The number of carbonyl (C=O) groups excluding carboxylic acids is 1. The first-order valence-corrected chi connectivity index (χ1v) is 9.63. The molecule has 0 atom stereocenters. The van der Waals surface area contributed by atoms with Crippen LogP contribution in [0.15, 0.2) is 47.4 Å². The molecule has 0 unspecified atom stereocenters. The predicted molar refractivity (Wildman–Crippen MR) is 108 cm³/mol. The number of benzene rings is 1. The maximum Gasteiger partial charge on any atom is 0.261 e. The number of aromatic nitrogens is 3. The van der Waals surface area contributed by atoms with Crippen LogP contribution in [0.2, 0.25) is 0 Å². The number of hydrogen-bond donors (Lipinski definition) is 2. The number of nitrogens with zero attached hydrogens (tertiary/aromatic N) is 2. The summed E-state index contributed by atoms with van der Waals surface area (Å²) in [5, 5.41) is 7.09. The van der Waals surface area contributed by atoms with E-state index in [1.54, 1.807) is 11.0 Å². The van der Waals surface area contributed by atoms with Crippen LogP contribution in [0, 0.1) is 13.8 Å². The largest absolute Gasteiger partial charge is 0.338 e. The molecule has 144 valence electrons. The summed E-state index contributed by atoms with van der Waals surface area (Å²) in [5.41, 5.74) is 4.84. The predicted octanol–water partition coefficient (Wildman–Crippen LogP) is 3.40. The molecule has 1 fully saturated rings. The molecule has 6 heteroatoms. The van der Waals surface area contributed by atoms with Crippen molar-refractivity contribution in [3.05, 3.63) is 75.5 Å². The first-order valence-electron chi connectivity index (χ1n) is 9.63. The summed E-state index contributed by atoms with van der Waals surface area (Å²) < 4.78 is 0. The third-order valence-electron chi connectivity index (χ3n) is 5.64. The number of rotatable bonds is 3. The molecule has 0 bridgehead atoms. The first-order chi connectivity index (χ1) is 13.5. The third kappa shape index (κ3) is 3.38. The number of amides is 1. The fourth-order valence-corrected chi connectivity index (χ4v) is 4.04. The normalized spacial score (nSPS) is 15.0. The van der Waals surface area contributed by atoms with Gasteiger partial charge in [0.25, 0.3) is 11.5 Å². The molecule has 1 saturated heterocycles. The van der Waals surface area contributed by atoms with E-state index in [0.29, 0.717) is 19.0 Å². The molecule has 3 heterocycles. The Labute approximate surface area is 163 Å². The van der Waals surface area contributed by atoms with E-state index in [-0.39, 0.29) is 17.0 Å². The zero-order chi connectivity index (χ0) is 19.7. The van der Waals surface area contributed by atoms with Crippen molar-refractivity contribution >= 4 is 5.91 Å². The van der Waals surface area contributed by atoms with Crippen LogP contribution in [0.25, 0.3) is 11.1 Å². The summed E-state index contributed by atoms with van der Waals surface area (Å²) >= 11 is 0. The van der Waals surface area contributed by atoms with Gasteiger partial charge in [-0.05, 0) is 49.8 Å². The van der Waals surface area contributed by atoms with Gasteiger partial charge in [0.05, 0.1) is 6.20 Å². The van der Waals surface area contributed by atoms with Gasteiger partial charge in [0.15, 0.2) is 0 Å². The van der Waals surface area contributed by atoms with Crippen LogP contribution in [0.4, 0.5) is 0 Å². The lowest BCUT2D eigenvalue weighted by Gasteiger charge is -2.32. The average Bonchev–Trinajstić information content (AvgIpc) is 3.14. The number of likely N-dealkylation sites (tertiary alicyclic amines) is 1. The maximum atomic E-state index is 13.1. The van der Waals surface area contributed by atoms with Crippen LogP contribution in [0.5, 0.6) is 0 Å². The van der Waals surface area contributed by atoms with Crippen LogP contribution < -0.4 is 5.56 Å². The summed E-state index contributed by atoms with van der Waals surface area (Å²) in [4.78, 5) is 30.2. The van der Waals surface area contributed by atoms with Crippen molar-refractivity contribution in [3.8, 4) is 11.1 Å². The van der Waals surface area contributed by atoms with Crippen LogP contribution >= 0.6 is 0 Å². The Morgan fingerprint density at radius 3 is 2.46 bits per heavy atom. The SMILES string of the molecule is Cc1[nH]c(=O)c(C(=O)N2CCC(c3cn[nH]c3C)CC2)cc1-c1ccccc1. The molecule has 2 aromatic heterocycles. The van der Waals surface area contributed by atoms with Crippen molar-refractivity contribution in [2.45, 2.75) is 32.6 Å². The van der Waals surface area contributed by atoms with E-state index < -0.39 is 0 Å². The molecule has 2 N–H and O–H groups in total. The van der Waals surface area contributed by atoms with Gasteiger partial charge < -0.3 is 9.88 Å². The lowest BCUT2D eigenvalue weighted by atomic mass is 9.89. The number of H-pyrrole nitrogens is 2. The number of aryl methyl sites for hydroxylation is 2. The Kier molecular flexibility index (Phi) is 4.86. The molecule has 0 aliphatic carbocycles. The second-order valence-corrected chi connectivity index (χ2v) is 7.43. The minimum absolute atomic E-state index is 0.194. The van der Waals surface area contributed by atoms with Crippen molar-refractivity contribution in [2.24, 2.45) is 0 Å². The molecule has 1 aliphatic rings. The van der Waals surface area contributed by atoms with Gasteiger partial charge in [-0.25, -0.2) is 0 Å². The molecule has 0 radical (unpaired) electrons. The first kappa shape index (κ1) is 18.2. The zero-order valence-electron chi connectivity index (χ0n) is 16.2. The molecule has 4 rings (SSSR count). The highest BCUT2D eigenvalue weighted by Gasteiger charge is 2.27. The van der Waals surface area contributed by atoms with E-state index in [2.05, 4.69) is 15.2 Å². The topological polar surface area (TPSA) is 81.8 Å². The number of pyridine rings is 1. The van der Waals surface area contributed by atoms with Crippen LogP contribution in [-0.4, -0.2) is 39.1 Å². The quantitative estimate of drug-likeness (QED) is 0.735. The van der Waals surface area contributed by atoms with Crippen LogP contribution in [0.3, 0.4) is 0 Å². The van der Waals surface area contributed by atoms with Crippen LogP contribution in [0.1, 0.15) is 46.1 Å². The van der Waals surface area contributed by atoms with Crippen molar-refractivity contribution in [1.82, 2.24) is 20.1 Å². The third-order valence-corrected chi connectivity index (χ3v) is 5.64. The minimum Gasteiger partial charge on any atom is -0.338 e. The van der Waals surface area contributed by atoms with E-state index in [1.807, 2.05) is 50.4 Å². The van der Waals surface area contributed by atoms with Gasteiger partial charge in [-0.15, -0.1) is 0 Å². The smallest absolute Gasteiger partial charge is 0.261 e. The van der Waals surface area contributed by atoms with Crippen LogP contribution in [-0.2, 0) is 0 Å². The summed E-state index contributed by atoms with van der Waals surface area (Å²) in [5.74, 6) is 0.208. The molecule has 1 aromatic carbocycles. The lowest BCUT2D eigenvalue weighted by Crippen LogP contribution is -2.40. The molecule has 0 saturated carbocycles. The van der Waals surface area contributed by atoms with Crippen molar-refractivity contribution in [2.75, 3.05) is 13.1 Å². The zero-order valence-corrected chi connectivity index (χ0v) is 16.2. The molecular formula is C22H24N4O2. The highest BCUT2D eigenvalue weighted by molar-refractivity contribution is 5.95. The minimum atomic E-state index is -0.324. The Bertz CT molecular complexity index is 1040. The van der Waals surface area contributed by atoms with Gasteiger partial charge in [-0.2, -0.15) is 5.10 Å². The van der Waals surface area contributed by atoms with Gasteiger partial charge in [0.2, 0.25) is 0 Å². The Morgan fingerprint density at radius 2 is 1.82 bits per heavy atom. The summed E-state index contributed by atoms with van der Waals surface area (Å²) in [6, 6.07) is 11.5. The van der Waals surface area contributed by atoms with Gasteiger partial charge in [0, 0.05) is 30.0 Å². The number of carbonyl (C=O) groups is 1. The van der Waals surface area contributed by atoms with E-state index >= 15 is 0 Å². The second-order valence-electron chi connectivity index (χ2n) is 7.43. The fourth-order valence-electron chi connectivity index (χ4n) is 4.04. The highest BCUT2D eigenvalue weighted by Crippen LogP contribution is 2.30. The second kappa shape index (κ2) is 7.46. The summed E-state index contributed by atoms with van der Waals surface area (Å²) in [6.45, 7) is 5.16. The lowest BCUT2D eigenvalue weighted by molar-refractivity contribution is 0.0711. The number of nitrogens with one attached hydrogen (secondary N) is 2. The average molecular weight is 376 g/mol. The van der Waals surface area contributed by atoms with Gasteiger partial charge in [0.1, 0.15) is 5.56 Å². The Morgan fingerprint density at radius 1 is 1.11 bits per heavy atom. The monoisotopic (exact) mass is 376 g/mol. The number of piperidine rings is 1. The number of aromatic amines is 2. The molecule has 3 aromatic rings. The summed E-state index contributed by atoms with van der Waals surface area (Å²) in [7, 11) is 0. The van der Waals surface area contributed by atoms with Gasteiger partial charge in [-0.1, -0.05) is 30.3 Å². The fraction of sp³-hybridized carbons (Fsp3) is 0.318.